The van der Waals surface area contributed by atoms with E-state index in [0.29, 0.717) is 17.1 Å². The molecule has 0 radical (unpaired) electrons. The highest BCUT2D eigenvalue weighted by atomic mass is 16.5. The van der Waals surface area contributed by atoms with Gasteiger partial charge in [-0.3, -0.25) is 4.79 Å². The highest BCUT2D eigenvalue weighted by molar-refractivity contribution is 5.95. The van der Waals surface area contributed by atoms with E-state index in [9.17, 15) is 4.79 Å². The lowest BCUT2D eigenvalue weighted by atomic mass is 9.86. The van der Waals surface area contributed by atoms with E-state index in [4.69, 9.17) is 9.47 Å². The van der Waals surface area contributed by atoms with Crippen molar-refractivity contribution in [3.05, 3.63) is 59.7 Å². The van der Waals surface area contributed by atoms with Gasteiger partial charge in [0.1, 0.15) is 0 Å². The van der Waals surface area contributed by atoms with Crippen molar-refractivity contribution >= 4 is 5.91 Å². The normalized spacial score (nSPS) is 20.4. The molecular formula is C21H26N2O3. The number of hydrogen-bond donors (Lipinski definition) is 1. The summed E-state index contributed by atoms with van der Waals surface area (Å²) in [5.41, 5.74) is 1.84. The van der Waals surface area contributed by atoms with Gasteiger partial charge in [0.25, 0.3) is 5.91 Å². The number of carbonyl (C=O) groups is 1. The molecule has 1 heterocycles. The average molecular weight is 354 g/mol. The summed E-state index contributed by atoms with van der Waals surface area (Å²) in [7, 11) is 5.28. The molecule has 0 unspecified atom stereocenters. The molecule has 1 aliphatic rings. The molecule has 5 nitrogen and oxygen atoms in total. The number of ether oxygens (including phenoxy) is 2. The summed E-state index contributed by atoms with van der Waals surface area (Å²) in [6.07, 6.45) is 0.926. The predicted octanol–water partition coefficient (Wildman–Crippen LogP) is 2.92. The van der Waals surface area contributed by atoms with E-state index in [1.54, 1.807) is 32.4 Å². The summed E-state index contributed by atoms with van der Waals surface area (Å²) in [5, 5.41) is 3.23. The first-order valence-electron chi connectivity index (χ1n) is 8.88. The fraction of sp³-hybridized carbons (Fsp3) is 0.381. The molecule has 5 heteroatoms. The molecule has 0 bridgehead atoms. The van der Waals surface area contributed by atoms with Crippen molar-refractivity contribution in [1.29, 1.82) is 0 Å². The summed E-state index contributed by atoms with van der Waals surface area (Å²) in [5.74, 6) is 1.37. The number of likely N-dealkylation sites (tertiary alicyclic amines) is 1. The van der Waals surface area contributed by atoms with Crippen LogP contribution in [0.25, 0.3) is 0 Å². The number of carbonyl (C=O) groups excluding carboxylic acids is 1. The van der Waals surface area contributed by atoms with Crippen LogP contribution in [-0.2, 0) is 0 Å². The minimum absolute atomic E-state index is 0.0820. The molecule has 3 rings (SSSR count). The molecule has 0 aliphatic carbocycles. The standard InChI is InChI=1S/C21H26N2O3/c1-23-12-11-18(17(14-23)15-7-5-4-6-8-15)22-21(24)16-9-10-19(25-2)20(13-16)26-3/h4-10,13,17-18H,11-12,14H2,1-3H3,(H,22,24)/t17-,18-/m1/s1. The number of nitrogens with one attached hydrogen (secondary N) is 1. The molecule has 138 valence electrons. The van der Waals surface area contributed by atoms with Gasteiger partial charge in [-0.05, 0) is 43.8 Å². The van der Waals surface area contributed by atoms with E-state index < -0.39 is 0 Å². The van der Waals surface area contributed by atoms with Crippen LogP contribution in [0.3, 0.4) is 0 Å². The van der Waals surface area contributed by atoms with Crippen molar-refractivity contribution in [3.63, 3.8) is 0 Å². The number of hydrogen-bond acceptors (Lipinski definition) is 4. The molecule has 1 saturated heterocycles. The minimum Gasteiger partial charge on any atom is -0.493 e. The van der Waals surface area contributed by atoms with Gasteiger partial charge in [-0.2, -0.15) is 0 Å². The molecule has 1 N–H and O–H groups in total. The lowest BCUT2D eigenvalue weighted by molar-refractivity contribution is 0.0904. The summed E-state index contributed by atoms with van der Waals surface area (Å²) in [6, 6.07) is 15.8. The lowest BCUT2D eigenvalue weighted by Crippen LogP contribution is -2.48. The van der Waals surface area contributed by atoms with Gasteiger partial charge >= 0.3 is 0 Å². The Morgan fingerprint density at radius 1 is 1.08 bits per heavy atom. The smallest absolute Gasteiger partial charge is 0.251 e. The van der Waals surface area contributed by atoms with E-state index in [-0.39, 0.29) is 17.9 Å². The molecule has 1 amide bonds. The fourth-order valence-electron chi connectivity index (χ4n) is 3.55. The third kappa shape index (κ3) is 3.99. The number of rotatable bonds is 5. The Kier molecular flexibility index (Phi) is 5.78. The van der Waals surface area contributed by atoms with Crippen LogP contribution in [-0.4, -0.2) is 51.2 Å². The van der Waals surface area contributed by atoms with E-state index in [2.05, 4.69) is 41.5 Å². The zero-order valence-corrected chi connectivity index (χ0v) is 15.6. The quantitative estimate of drug-likeness (QED) is 0.897. The van der Waals surface area contributed by atoms with Crippen LogP contribution in [0, 0.1) is 0 Å². The molecular weight excluding hydrogens is 328 g/mol. The van der Waals surface area contributed by atoms with Crippen LogP contribution in [0.1, 0.15) is 28.3 Å². The molecule has 0 spiro atoms. The zero-order chi connectivity index (χ0) is 18.5. The minimum atomic E-state index is -0.0820. The Labute approximate surface area is 154 Å². The first-order chi connectivity index (χ1) is 12.6. The average Bonchev–Trinajstić information content (AvgIpc) is 2.69. The van der Waals surface area contributed by atoms with Crippen molar-refractivity contribution in [2.45, 2.75) is 18.4 Å². The van der Waals surface area contributed by atoms with E-state index >= 15 is 0 Å². The van der Waals surface area contributed by atoms with Gasteiger partial charge in [0, 0.05) is 24.1 Å². The van der Waals surface area contributed by atoms with Gasteiger partial charge in [-0.25, -0.2) is 0 Å². The third-order valence-corrected chi connectivity index (χ3v) is 5.01. The zero-order valence-electron chi connectivity index (χ0n) is 15.6. The number of benzene rings is 2. The number of likely N-dealkylation sites (N-methyl/N-ethyl adjacent to an activating group) is 1. The number of nitrogens with zero attached hydrogens (tertiary/aromatic N) is 1. The number of amides is 1. The fourth-order valence-corrected chi connectivity index (χ4v) is 3.55. The monoisotopic (exact) mass is 354 g/mol. The molecule has 2 aromatic rings. The van der Waals surface area contributed by atoms with Crippen LogP contribution >= 0.6 is 0 Å². The Hall–Kier alpha value is -2.53. The van der Waals surface area contributed by atoms with Crippen molar-refractivity contribution in [1.82, 2.24) is 10.2 Å². The van der Waals surface area contributed by atoms with Crippen molar-refractivity contribution in [3.8, 4) is 11.5 Å². The lowest BCUT2D eigenvalue weighted by Gasteiger charge is -2.37. The van der Waals surface area contributed by atoms with Gasteiger partial charge in [0.15, 0.2) is 11.5 Å². The molecule has 0 saturated carbocycles. The summed E-state index contributed by atoms with van der Waals surface area (Å²) in [4.78, 5) is 15.1. The summed E-state index contributed by atoms with van der Waals surface area (Å²) < 4.78 is 10.6. The largest absolute Gasteiger partial charge is 0.493 e. The highest BCUT2D eigenvalue weighted by Gasteiger charge is 2.30. The Morgan fingerprint density at radius 2 is 1.81 bits per heavy atom. The van der Waals surface area contributed by atoms with Crippen molar-refractivity contribution < 1.29 is 14.3 Å². The molecule has 2 atom stereocenters. The number of methoxy groups -OCH3 is 2. The van der Waals surface area contributed by atoms with E-state index in [1.165, 1.54) is 5.56 Å². The maximum Gasteiger partial charge on any atom is 0.251 e. The molecule has 26 heavy (non-hydrogen) atoms. The first kappa shape index (κ1) is 18.3. The first-order valence-corrected chi connectivity index (χ1v) is 8.88. The van der Waals surface area contributed by atoms with Gasteiger partial charge in [-0.1, -0.05) is 30.3 Å². The van der Waals surface area contributed by atoms with E-state index in [0.717, 1.165) is 19.5 Å². The SMILES string of the molecule is COc1ccc(C(=O)N[C@@H]2CCN(C)C[C@@H]2c2ccccc2)cc1OC. The van der Waals surface area contributed by atoms with E-state index in [1.807, 2.05) is 6.07 Å². The Morgan fingerprint density at radius 3 is 2.50 bits per heavy atom. The van der Waals surface area contributed by atoms with Gasteiger partial charge in [0.05, 0.1) is 14.2 Å². The van der Waals surface area contributed by atoms with Crippen LogP contribution in [0.4, 0.5) is 0 Å². The topological polar surface area (TPSA) is 50.8 Å². The van der Waals surface area contributed by atoms with Crippen molar-refractivity contribution in [2.75, 3.05) is 34.4 Å². The van der Waals surface area contributed by atoms with Gasteiger partial charge in [-0.15, -0.1) is 0 Å². The molecule has 2 aromatic carbocycles. The van der Waals surface area contributed by atoms with Crippen LogP contribution in [0.5, 0.6) is 11.5 Å². The van der Waals surface area contributed by atoms with Gasteiger partial charge in [0.2, 0.25) is 0 Å². The van der Waals surface area contributed by atoms with Crippen molar-refractivity contribution in [2.24, 2.45) is 0 Å². The van der Waals surface area contributed by atoms with Crippen LogP contribution in [0.2, 0.25) is 0 Å². The molecule has 1 aliphatic heterocycles. The summed E-state index contributed by atoms with van der Waals surface area (Å²) in [6.45, 7) is 1.90. The second-order valence-electron chi connectivity index (χ2n) is 6.72. The highest BCUT2D eigenvalue weighted by Crippen LogP contribution is 2.29. The summed E-state index contributed by atoms with van der Waals surface area (Å²) >= 11 is 0. The van der Waals surface area contributed by atoms with Gasteiger partial charge < -0.3 is 19.7 Å². The van der Waals surface area contributed by atoms with Crippen LogP contribution < -0.4 is 14.8 Å². The maximum absolute atomic E-state index is 12.8. The molecule has 1 fully saturated rings. The Bertz CT molecular complexity index is 748. The predicted molar refractivity (Wildman–Crippen MR) is 102 cm³/mol. The molecule has 0 aromatic heterocycles. The van der Waals surface area contributed by atoms with Crippen LogP contribution in [0.15, 0.2) is 48.5 Å². The second-order valence-corrected chi connectivity index (χ2v) is 6.72. The Balaban J connectivity index is 1.78. The number of piperidine rings is 1. The second kappa shape index (κ2) is 8.23. The third-order valence-electron chi connectivity index (χ3n) is 5.01. The maximum atomic E-state index is 12.8.